The first-order chi connectivity index (χ1) is 28.3. The highest BCUT2D eigenvalue weighted by Crippen LogP contribution is 2.49. The first-order valence-corrected chi connectivity index (χ1v) is 19.4. The zero-order chi connectivity index (χ0) is 37.7. The third-order valence-corrected chi connectivity index (χ3v) is 11.2. The number of nitrogens with zero attached hydrogens (tertiary/aromatic N) is 2. The molecule has 0 aliphatic carbocycles. The van der Waals surface area contributed by atoms with Gasteiger partial charge in [0.1, 0.15) is 5.58 Å². The molecule has 0 aliphatic rings. The molecule has 0 fully saturated rings. The summed E-state index contributed by atoms with van der Waals surface area (Å²) < 4.78 is 9.40. The van der Waals surface area contributed by atoms with E-state index in [1.54, 1.807) is 0 Å². The summed E-state index contributed by atoms with van der Waals surface area (Å²) in [5, 5.41) is 4.58. The summed E-state index contributed by atoms with van der Waals surface area (Å²) in [6.07, 6.45) is 0. The molecule has 11 rings (SSSR count). The van der Waals surface area contributed by atoms with Gasteiger partial charge < -0.3 is 13.9 Å². The Labute approximate surface area is 330 Å². The van der Waals surface area contributed by atoms with Gasteiger partial charge in [-0.05, 0) is 88.0 Å². The van der Waals surface area contributed by atoms with Crippen molar-refractivity contribution in [3.05, 3.63) is 218 Å². The van der Waals surface area contributed by atoms with Gasteiger partial charge in [0.2, 0.25) is 0 Å². The van der Waals surface area contributed by atoms with E-state index in [0.29, 0.717) is 0 Å². The number of hydrogen-bond donors (Lipinski definition) is 0. The van der Waals surface area contributed by atoms with E-state index in [1.165, 1.54) is 44.2 Å². The fourth-order valence-corrected chi connectivity index (χ4v) is 8.50. The second-order valence-corrected chi connectivity index (χ2v) is 14.5. The molecule has 9 aromatic carbocycles. The summed E-state index contributed by atoms with van der Waals surface area (Å²) in [5.74, 6) is 0. The van der Waals surface area contributed by atoms with Crippen LogP contribution in [0, 0.1) is 0 Å². The van der Waals surface area contributed by atoms with Gasteiger partial charge in [0.05, 0.1) is 16.7 Å². The third-order valence-electron chi connectivity index (χ3n) is 11.2. The van der Waals surface area contributed by atoms with E-state index in [-0.39, 0.29) is 0 Å². The van der Waals surface area contributed by atoms with Crippen molar-refractivity contribution >= 4 is 60.8 Å². The van der Waals surface area contributed by atoms with Crippen LogP contribution in [0.15, 0.2) is 223 Å². The minimum Gasteiger partial charge on any atom is -0.454 e. The lowest BCUT2D eigenvalue weighted by Gasteiger charge is -2.26. The maximum absolute atomic E-state index is 6.98. The Morgan fingerprint density at radius 3 is 1.33 bits per heavy atom. The van der Waals surface area contributed by atoms with E-state index < -0.39 is 0 Å². The predicted octanol–water partition coefficient (Wildman–Crippen LogP) is 15.2. The molecule has 3 nitrogen and oxygen atoms in total. The molecule has 0 spiro atoms. The van der Waals surface area contributed by atoms with Crippen molar-refractivity contribution in [1.82, 2.24) is 4.57 Å². The van der Waals surface area contributed by atoms with Crippen molar-refractivity contribution in [2.45, 2.75) is 0 Å². The van der Waals surface area contributed by atoms with Gasteiger partial charge in [-0.1, -0.05) is 164 Å². The zero-order valence-corrected chi connectivity index (χ0v) is 31.1. The molecule has 0 unspecified atom stereocenters. The van der Waals surface area contributed by atoms with Crippen LogP contribution >= 0.6 is 0 Å². The van der Waals surface area contributed by atoms with Crippen LogP contribution in [-0.4, -0.2) is 4.57 Å². The van der Waals surface area contributed by atoms with Gasteiger partial charge in [-0.25, -0.2) is 0 Å². The lowest BCUT2D eigenvalue weighted by molar-refractivity contribution is 0.669. The monoisotopic (exact) mass is 728 g/mol. The van der Waals surface area contributed by atoms with Crippen LogP contribution in [0.4, 0.5) is 17.1 Å². The smallest absolute Gasteiger partial charge is 0.160 e. The highest BCUT2D eigenvalue weighted by atomic mass is 16.3. The molecule has 268 valence electrons. The summed E-state index contributed by atoms with van der Waals surface area (Å²) >= 11 is 0. The van der Waals surface area contributed by atoms with Gasteiger partial charge in [0.25, 0.3) is 0 Å². The van der Waals surface area contributed by atoms with E-state index >= 15 is 0 Å². The second-order valence-electron chi connectivity index (χ2n) is 14.5. The molecule has 0 N–H and O–H groups in total. The van der Waals surface area contributed by atoms with Crippen LogP contribution in [-0.2, 0) is 0 Å². The first kappa shape index (κ1) is 32.8. The van der Waals surface area contributed by atoms with Crippen LogP contribution in [0.2, 0.25) is 0 Å². The molecular weight excluding hydrogens is 693 g/mol. The van der Waals surface area contributed by atoms with Crippen LogP contribution in [0.25, 0.3) is 82.8 Å². The molecule has 0 saturated heterocycles. The lowest BCUT2D eigenvalue weighted by atomic mass is 10.0. The van der Waals surface area contributed by atoms with Gasteiger partial charge in [-0.15, -0.1) is 0 Å². The minimum absolute atomic E-state index is 0.852. The van der Waals surface area contributed by atoms with E-state index in [0.717, 1.165) is 55.7 Å². The lowest BCUT2D eigenvalue weighted by Crippen LogP contribution is -2.10. The van der Waals surface area contributed by atoms with E-state index in [9.17, 15) is 0 Å². The molecule has 0 radical (unpaired) electrons. The van der Waals surface area contributed by atoms with Gasteiger partial charge in [-0.2, -0.15) is 0 Å². The summed E-state index contributed by atoms with van der Waals surface area (Å²) in [5.41, 5.74) is 15.2. The first-order valence-electron chi connectivity index (χ1n) is 19.4. The maximum atomic E-state index is 6.98. The van der Waals surface area contributed by atoms with Gasteiger partial charge >= 0.3 is 0 Å². The quantitative estimate of drug-likeness (QED) is 0.163. The van der Waals surface area contributed by atoms with E-state index in [1.807, 2.05) is 0 Å². The molecule has 11 aromatic rings. The molecule has 57 heavy (non-hydrogen) atoms. The van der Waals surface area contributed by atoms with Crippen LogP contribution in [0.5, 0.6) is 0 Å². The highest BCUT2D eigenvalue weighted by Gasteiger charge is 2.26. The number of anilines is 3. The fourth-order valence-electron chi connectivity index (χ4n) is 8.50. The topological polar surface area (TPSA) is 21.3 Å². The number of rotatable bonds is 7. The Morgan fingerprint density at radius 2 is 0.789 bits per heavy atom. The summed E-state index contributed by atoms with van der Waals surface area (Å²) in [7, 11) is 0. The number of benzene rings is 9. The number of hydrogen-bond acceptors (Lipinski definition) is 2. The number of para-hydroxylation sites is 2. The molecular formula is C54H36N2O. The molecule has 0 amide bonds. The van der Waals surface area contributed by atoms with Crippen LogP contribution < -0.4 is 4.90 Å². The highest BCUT2D eigenvalue weighted by molar-refractivity contribution is 6.30. The van der Waals surface area contributed by atoms with Crippen molar-refractivity contribution in [3.8, 4) is 39.1 Å². The SMILES string of the molecule is c1ccc(-c2ccc(N(c3ccc(-c4ccccc4)cc3)c3cc4c(c5ccccc5n4-c4ccc(-c5ccccc5)cc4)c4c3oc3ccccc34)cc2)cc1. The van der Waals surface area contributed by atoms with Gasteiger partial charge in [0, 0.05) is 38.6 Å². The van der Waals surface area contributed by atoms with E-state index in [4.69, 9.17) is 4.42 Å². The number of furan rings is 1. The Balaban J connectivity index is 1.19. The number of fused-ring (bicyclic) bond motifs is 7. The fraction of sp³-hybridized carbons (Fsp3) is 0. The summed E-state index contributed by atoms with van der Waals surface area (Å²) in [4.78, 5) is 2.36. The molecule has 2 aromatic heterocycles. The predicted molar refractivity (Wildman–Crippen MR) is 239 cm³/mol. The van der Waals surface area contributed by atoms with Crippen molar-refractivity contribution in [3.63, 3.8) is 0 Å². The number of aromatic nitrogens is 1. The zero-order valence-electron chi connectivity index (χ0n) is 31.1. The maximum Gasteiger partial charge on any atom is 0.160 e. The molecule has 0 saturated carbocycles. The molecule has 3 heteroatoms. The second kappa shape index (κ2) is 13.6. The van der Waals surface area contributed by atoms with Crippen molar-refractivity contribution in [2.24, 2.45) is 0 Å². The molecule has 0 atom stereocenters. The average molecular weight is 729 g/mol. The van der Waals surface area contributed by atoms with E-state index in [2.05, 4.69) is 228 Å². The Hall–Kier alpha value is -7.62. The Bertz CT molecular complexity index is 3100. The van der Waals surface area contributed by atoms with Crippen LogP contribution in [0.3, 0.4) is 0 Å². The Kier molecular flexibility index (Phi) is 7.82. The van der Waals surface area contributed by atoms with Crippen molar-refractivity contribution in [2.75, 3.05) is 4.90 Å². The molecule has 0 bridgehead atoms. The van der Waals surface area contributed by atoms with Crippen molar-refractivity contribution < 1.29 is 4.42 Å². The van der Waals surface area contributed by atoms with Gasteiger partial charge in [-0.3, -0.25) is 0 Å². The normalized spacial score (nSPS) is 11.5. The Morgan fingerprint density at radius 1 is 0.351 bits per heavy atom. The standard InChI is InChI=1S/C54H36N2O/c1-4-14-37(15-5-1)40-24-30-43(31-25-40)55(44-32-26-41(27-33-44)38-16-6-2-7-17-38)50-36-49-52(53-47-21-11-13-23-51(47)57-54(50)53)46-20-10-12-22-48(46)56(49)45-34-28-42(29-35-45)39-18-8-3-9-19-39/h1-36H. The minimum atomic E-state index is 0.852. The summed E-state index contributed by atoms with van der Waals surface area (Å²) in [6.45, 7) is 0. The van der Waals surface area contributed by atoms with Crippen LogP contribution in [0.1, 0.15) is 0 Å². The molecule has 2 heterocycles. The average Bonchev–Trinajstić information content (AvgIpc) is 3.84. The third kappa shape index (κ3) is 5.60. The largest absolute Gasteiger partial charge is 0.454 e. The summed E-state index contributed by atoms with van der Waals surface area (Å²) in [6, 6.07) is 77.9. The van der Waals surface area contributed by atoms with Gasteiger partial charge in [0.15, 0.2) is 5.58 Å². The molecule has 0 aliphatic heterocycles. The van der Waals surface area contributed by atoms with Crippen molar-refractivity contribution in [1.29, 1.82) is 0 Å².